The summed E-state index contributed by atoms with van der Waals surface area (Å²) < 4.78 is 132. The van der Waals surface area contributed by atoms with Crippen molar-refractivity contribution in [2.24, 2.45) is 0 Å². The Morgan fingerprint density at radius 3 is 1.98 bits per heavy atom. The second-order valence-electron chi connectivity index (χ2n) is 11.0. The molecule has 47 heavy (non-hydrogen) atoms. The second-order valence-corrected chi connectivity index (χ2v) is 11.0. The average molecular weight is 667 g/mol. The molecular weight excluding hydrogens is 636 g/mol. The highest BCUT2D eigenvalue weighted by Gasteiger charge is 2.40. The third-order valence-electron chi connectivity index (χ3n) is 7.60. The fourth-order valence-electron chi connectivity index (χ4n) is 5.23. The van der Waals surface area contributed by atoms with Gasteiger partial charge in [0.25, 0.3) is 0 Å². The minimum absolute atomic E-state index is 0.166. The Balaban J connectivity index is 1.19. The summed E-state index contributed by atoms with van der Waals surface area (Å²) in [6, 6.07) is 15.5. The van der Waals surface area contributed by atoms with E-state index in [2.05, 4.69) is 4.74 Å². The highest BCUT2D eigenvalue weighted by Crippen LogP contribution is 2.36. The van der Waals surface area contributed by atoms with Crippen molar-refractivity contribution in [2.75, 3.05) is 13.2 Å². The third-order valence-corrected chi connectivity index (χ3v) is 7.60. The van der Waals surface area contributed by atoms with E-state index in [0.29, 0.717) is 40.8 Å². The molecule has 4 aromatic carbocycles. The normalized spacial score (nSPS) is 16.9. The van der Waals surface area contributed by atoms with Crippen LogP contribution in [0.25, 0.3) is 22.3 Å². The van der Waals surface area contributed by atoms with Gasteiger partial charge in [-0.3, -0.25) is 0 Å². The van der Waals surface area contributed by atoms with E-state index in [4.69, 9.17) is 14.2 Å². The first-order valence-corrected chi connectivity index (χ1v) is 14.9. The molecule has 0 amide bonds. The first-order valence-electron chi connectivity index (χ1n) is 14.9. The minimum atomic E-state index is -3.91. The summed E-state index contributed by atoms with van der Waals surface area (Å²) in [7, 11) is 0. The molecule has 0 N–H and O–H groups in total. The number of benzene rings is 4. The van der Waals surface area contributed by atoms with E-state index in [0.717, 1.165) is 37.5 Å². The fraction of sp³-hybridized carbons (Fsp3) is 0.314. The summed E-state index contributed by atoms with van der Waals surface area (Å²) in [5.41, 5.74) is 0.908. The quantitative estimate of drug-likeness (QED) is 0.111. The van der Waals surface area contributed by atoms with Crippen LogP contribution in [0.4, 0.5) is 35.1 Å². The van der Waals surface area contributed by atoms with Gasteiger partial charge in [-0.25, -0.2) is 17.6 Å². The molecule has 1 heterocycles. The zero-order valence-corrected chi connectivity index (χ0v) is 25.1. The predicted octanol–water partition coefficient (Wildman–Crippen LogP) is 10.1. The number of halogens is 8. The first kappa shape index (κ1) is 34.3. The lowest BCUT2D eigenvalue weighted by Gasteiger charge is -2.32. The number of hydrogen-bond donors (Lipinski definition) is 0. The topological polar surface area (TPSA) is 36.9 Å². The molecule has 0 aromatic heterocycles. The van der Waals surface area contributed by atoms with E-state index in [1.54, 1.807) is 24.3 Å². The van der Waals surface area contributed by atoms with Gasteiger partial charge in [-0.2, -0.15) is 17.6 Å². The maximum absolute atomic E-state index is 15.0. The van der Waals surface area contributed by atoms with Crippen LogP contribution in [-0.4, -0.2) is 25.9 Å². The number of rotatable bonds is 12. The number of ether oxygens (including phenoxy) is 4. The summed E-state index contributed by atoms with van der Waals surface area (Å²) in [5, 5.41) is 0. The largest absolute Gasteiger partial charge is 0.429 e. The SMILES string of the molecule is CCCCCc1ccc(C(F)(F)OC2COC(c3ccc(-c4ccc(-c5cc(F)c(OC(F)F)c(F)c5)c(F)c4)cc3)OC2)c(F)c1. The molecule has 0 atom stereocenters. The van der Waals surface area contributed by atoms with Crippen molar-refractivity contribution < 1.29 is 54.1 Å². The highest BCUT2D eigenvalue weighted by molar-refractivity contribution is 5.71. The molecule has 1 aliphatic heterocycles. The van der Waals surface area contributed by atoms with Gasteiger partial charge >= 0.3 is 12.7 Å². The fourth-order valence-corrected chi connectivity index (χ4v) is 5.23. The first-order chi connectivity index (χ1) is 22.4. The van der Waals surface area contributed by atoms with Crippen LogP contribution in [0.3, 0.4) is 0 Å². The molecule has 0 bridgehead atoms. The van der Waals surface area contributed by atoms with Gasteiger partial charge in [0.1, 0.15) is 17.7 Å². The Morgan fingerprint density at radius 1 is 0.745 bits per heavy atom. The van der Waals surface area contributed by atoms with E-state index < -0.39 is 59.7 Å². The van der Waals surface area contributed by atoms with Gasteiger partial charge in [0.05, 0.1) is 18.8 Å². The van der Waals surface area contributed by atoms with E-state index in [9.17, 15) is 30.7 Å². The molecule has 0 saturated carbocycles. The number of unbranched alkanes of at least 4 members (excludes halogenated alkanes) is 2. The zero-order chi connectivity index (χ0) is 33.7. The van der Waals surface area contributed by atoms with Crippen molar-refractivity contribution in [3.8, 4) is 28.0 Å². The lowest BCUT2D eigenvalue weighted by Crippen LogP contribution is -2.38. The van der Waals surface area contributed by atoms with Crippen LogP contribution in [-0.2, 0) is 26.7 Å². The molecule has 0 radical (unpaired) electrons. The molecular formula is C35H30F8O4. The Morgan fingerprint density at radius 2 is 1.38 bits per heavy atom. The van der Waals surface area contributed by atoms with Crippen molar-refractivity contribution in [1.82, 2.24) is 0 Å². The van der Waals surface area contributed by atoms with E-state index in [1.807, 2.05) is 6.92 Å². The van der Waals surface area contributed by atoms with Crippen molar-refractivity contribution in [3.63, 3.8) is 0 Å². The van der Waals surface area contributed by atoms with Crippen LogP contribution in [0, 0.1) is 23.3 Å². The zero-order valence-electron chi connectivity index (χ0n) is 25.1. The molecule has 0 unspecified atom stereocenters. The average Bonchev–Trinajstić information content (AvgIpc) is 3.03. The van der Waals surface area contributed by atoms with Crippen LogP contribution in [0.15, 0.2) is 72.8 Å². The van der Waals surface area contributed by atoms with Gasteiger partial charge in [0.2, 0.25) is 0 Å². The summed E-state index contributed by atoms with van der Waals surface area (Å²) in [4.78, 5) is 0. The molecule has 1 aliphatic rings. The van der Waals surface area contributed by atoms with Crippen LogP contribution >= 0.6 is 0 Å². The van der Waals surface area contributed by atoms with Crippen molar-refractivity contribution in [3.05, 3.63) is 113 Å². The molecule has 0 spiro atoms. The molecule has 250 valence electrons. The van der Waals surface area contributed by atoms with Gasteiger partial charge < -0.3 is 18.9 Å². The van der Waals surface area contributed by atoms with Gasteiger partial charge in [-0.15, -0.1) is 0 Å². The second kappa shape index (κ2) is 14.8. The maximum Gasteiger partial charge on any atom is 0.387 e. The standard InChI is InChI=1S/C35H30F8O4/c1-2-3-4-5-20-6-13-27(29(37)14-20)35(42,43)47-25-18-44-33(45-19-25)22-9-7-21(8-10-22)23-11-12-26(28(36)15-23)24-16-30(38)32(31(39)17-24)46-34(40)41/h6-17,25,33-34H,2-5,18-19H2,1H3. The summed E-state index contributed by atoms with van der Waals surface area (Å²) in [5.74, 6) is -5.95. The monoisotopic (exact) mass is 666 g/mol. The molecule has 5 rings (SSSR count). The van der Waals surface area contributed by atoms with Gasteiger partial charge in [0.15, 0.2) is 23.7 Å². The van der Waals surface area contributed by atoms with Crippen LogP contribution in [0.2, 0.25) is 0 Å². The number of hydrogen-bond acceptors (Lipinski definition) is 4. The van der Waals surface area contributed by atoms with Gasteiger partial charge in [-0.1, -0.05) is 62.2 Å². The Labute approximate surface area is 265 Å². The van der Waals surface area contributed by atoms with E-state index in [-0.39, 0.29) is 24.3 Å². The van der Waals surface area contributed by atoms with Gasteiger partial charge in [-0.05, 0) is 65.4 Å². The lowest BCUT2D eigenvalue weighted by molar-refractivity contribution is -0.321. The Hall–Kier alpha value is -4.00. The van der Waals surface area contributed by atoms with Crippen molar-refractivity contribution in [1.29, 1.82) is 0 Å². The molecule has 12 heteroatoms. The van der Waals surface area contributed by atoms with E-state index in [1.165, 1.54) is 18.2 Å². The van der Waals surface area contributed by atoms with Crippen molar-refractivity contribution >= 4 is 0 Å². The Kier molecular flexibility index (Phi) is 10.8. The van der Waals surface area contributed by atoms with Crippen LogP contribution in [0.5, 0.6) is 5.75 Å². The third kappa shape index (κ3) is 8.30. The van der Waals surface area contributed by atoms with Crippen LogP contribution < -0.4 is 4.74 Å². The van der Waals surface area contributed by atoms with E-state index >= 15 is 4.39 Å². The molecule has 4 aromatic rings. The summed E-state index contributed by atoms with van der Waals surface area (Å²) in [6.07, 6.45) is -2.60. The Bertz CT molecular complexity index is 1650. The summed E-state index contributed by atoms with van der Waals surface area (Å²) >= 11 is 0. The summed E-state index contributed by atoms with van der Waals surface area (Å²) in [6.45, 7) is -1.90. The predicted molar refractivity (Wildman–Crippen MR) is 157 cm³/mol. The minimum Gasteiger partial charge on any atom is -0.429 e. The highest BCUT2D eigenvalue weighted by atomic mass is 19.3. The van der Waals surface area contributed by atoms with Gasteiger partial charge in [0, 0.05) is 11.1 Å². The van der Waals surface area contributed by atoms with Crippen LogP contribution in [0.1, 0.15) is 49.2 Å². The molecule has 1 saturated heterocycles. The molecule has 0 aliphatic carbocycles. The molecule has 4 nitrogen and oxygen atoms in total. The lowest BCUT2D eigenvalue weighted by atomic mass is 9.98. The number of aryl methyl sites for hydroxylation is 1. The maximum atomic E-state index is 15.0. The smallest absolute Gasteiger partial charge is 0.387 e. The number of alkyl halides is 4. The molecule has 1 fully saturated rings. The van der Waals surface area contributed by atoms with Crippen molar-refractivity contribution in [2.45, 2.75) is 57.7 Å².